The Kier molecular flexibility index (Phi) is 4.84. The van der Waals surface area contributed by atoms with E-state index < -0.39 is 0 Å². The Morgan fingerprint density at radius 2 is 2.30 bits per heavy atom. The lowest BCUT2D eigenvalue weighted by Crippen LogP contribution is -2.40. The van der Waals surface area contributed by atoms with E-state index in [4.69, 9.17) is 0 Å². The van der Waals surface area contributed by atoms with Gasteiger partial charge in [-0.2, -0.15) is 0 Å². The van der Waals surface area contributed by atoms with Crippen molar-refractivity contribution in [2.24, 2.45) is 5.92 Å². The molecule has 2 unspecified atom stereocenters. The quantitative estimate of drug-likeness (QED) is 0.835. The molecule has 1 aromatic heterocycles. The number of carbonyl (C=O) groups excluding carboxylic acids is 2. The molecule has 2 fully saturated rings. The Balaban J connectivity index is 1.41. The first-order valence-electron chi connectivity index (χ1n) is 8.35. The van der Waals surface area contributed by atoms with Crippen molar-refractivity contribution in [3.05, 3.63) is 16.1 Å². The van der Waals surface area contributed by atoms with Crippen LogP contribution in [0.2, 0.25) is 0 Å². The van der Waals surface area contributed by atoms with Crippen LogP contribution in [0.4, 0.5) is 4.79 Å². The summed E-state index contributed by atoms with van der Waals surface area (Å²) in [5.74, 6) is 0.471. The van der Waals surface area contributed by atoms with Crippen molar-refractivity contribution >= 4 is 23.3 Å². The normalized spacial score (nSPS) is 22.3. The van der Waals surface area contributed by atoms with E-state index in [-0.39, 0.29) is 23.9 Å². The average molecular weight is 336 g/mol. The maximum Gasteiger partial charge on any atom is 0.315 e. The summed E-state index contributed by atoms with van der Waals surface area (Å²) in [6.07, 6.45) is 5.66. The molecule has 2 N–H and O–H groups in total. The third-order valence-electron chi connectivity index (χ3n) is 4.42. The van der Waals surface area contributed by atoms with Gasteiger partial charge in [0.2, 0.25) is 5.91 Å². The van der Waals surface area contributed by atoms with Gasteiger partial charge in [-0.3, -0.25) is 4.79 Å². The van der Waals surface area contributed by atoms with Gasteiger partial charge in [-0.05, 0) is 26.2 Å². The van der Waals surface area contributed by atoms with Crippen molar-refractivity contribution in [2.45, 2.75) is 51.6 Å². The van der Waals surface area contributed by atoms with Crippen molar-refractivity contribution in [1.29, 1.82) is 0 Å². The highest BCUT2D eigenvalue weighted by Gasteiger charge is 2.39. The molecule has 1 aromatic rings. The van der Waals surface area contributed by atoms with Crippen LogP contribution in [0.3, 0.4) is 0 Å². The molecule has 0 aromatic carbocycles. The zero-order valence-electron chi connectivity index (χ0n) is 13.7. The first-order chi connectivity index (χ1) is 11.1. The molecule has 1 aliphatic heterocycles. The monoisotopic (exact) mass is 336 g/mol. The number of rotatable bonds is 6. The minimum Gasteiger partial charge on any atom is -0.339 e. The lowest BCUT2D eigenvalue weighted by molar-refractivity contribution is -0.128. The number of aromatic nitrogens is 1. The van der Waals surface area contributed by atoms with Crippen LogP contribution < -0.4 is 10.6 Å². The van der Waals surface area contributed by atoms with Crippen LogP contribution in [0.1, 0.15) is 49.0 Å². The topological polar surface area (TPSA) is 74.3 Å². The lowest BCUT2D eigenvalue weighted by Gasteiger charge is -2.16. The molecule has 0 radical (unpaired) electrons. The SMILES string of the molecule is CCc1cnc(C(C)NC(=O)NCC2CC(=O)N(C3CC3)C2)s1. The van der Waals surface area contributed by atoms with E-state index in [1.807, 2.05) is 18.0 Å². The van der Waals surface area contributed by atoms with E-state index in [9.17, 15) is 9.59 Å². The Bertz CT molecular complexity index is 584. The molecule has 1 saturated carbocycles. The number of nitrogens with zero attached hydrogens (tertiary/aromatic N) is 2. The number of urea groups is 1. The van der Waals surface area contributed by atoms with Gasteiger partial charge in [0, 0.05) is 42.5 Å². The van der Waals surface area contributed by atoms with E-state index in [0.717, 1.165) is 30.8 Å². The van der Waals surface area contributed by atoms with E-state index in [0.29, 0.717) is 19.0 Å². The third-order valence-corrected chi connectivity index (χ3v) is 5.74. The number of carbonyl (C=O) groups is 2. The molecule has 0 bridgehead atoms. The van der Waals surface area contributed by atoms with Crippen LogP contribution in [-0.4, -0.2) is 41.0 Å². The lowest BCUT2D eigenvalue weighted by atomic mass is 10.1. The van der Waals surface area contributed by atoms with Gasteiger partial charge in [-0.15, -0.1) is 11.3 Å². The second kappa shape index (κ2) is 6.86. The van der Waals surface area contributed by atoms with Crippen LogP contribution in [0.5, 0.6) is 0 Å². The number of thiazole rings is 1. The predicted octanol–water partition coefficient (Wildman–Crippen LogP) is 2.08. The highest BCUT2D eigenvalue weighted by atomic mass is 32.1. The largest absolute Gasteiger partial charge is 0.339 e. The van der Waals surface area contributed by atoms with Gasteiger partial charge in [0.15, 0.2) is 0 Å². The van der Waals surface area contributed by atoms with Crippen LogP contribution in [0.15, 0.2) is 6.20 Å². The minimum atomic E-state index is -0.192. The molecule has 126 valence electrons. The van der Waals surface area contributed by atoms with Crippen molar-refractivity contribution < 1.29 is 9.59 Å². The summed E-state index contributed by atoms with van der Waals surface area (Å²) in [5.41, 5.74) is 0. The summed E-state index contributed by atoms with van der Waals surface area (Å²) in [6.45, 7) is 5.36. The summed E-state index contributed by atoms with van der Waals surface area (Å²) >= 11 is 1.63. The van der Waals surface area contributed by atoms with Crippen LogP contribution in [0, 0.1) is 5.92 Å². The molecule has 1 aliphatic carbocycles. The fraction of sp³-hybridized carbons (Fsp3) is 0.688. The zero-order valence-corrected chi connectivity index (χ0v) is 14.5. The number of aryl methyl sites for hydroxylation is 1. The summed E-state index contributed by atoms with van der Waals surface area (Å²) in [5, 5.41) is 6.73. The van der Waals surface area contributed by atoms with Crippen molar-refractivity contribution in [1.82, 2.24) is 20.5 Å². The average Bonchev–Trinajstić information content (AvgIpc) is 3.12. The Hall–Kier alpha value is -1.63. The number of hydrogen-bond donors (Lipinski definition) is 2. The summed E-state index contributed by atoms with van der Waals surface area (Å²) in [6, 6.07) is 0.176. The number of amides is 3. The molecule has 3 amide bonds. The summed E-state index contributed by atoms with van der Waals surface area (Å²) in [7, 11) is 0. The number of nitrogens with one attached hydrogen (secondary N) is 2. The minimum absolute atomic E-state index is 0.103. The highest BCUT2D eigenvalue weighted by Crippen LogP contribution is 2.32. The molecule has 2 heterocycles. The van der Waals surface area contributed by atoms with Crippen molar-refractivity contribution in [2.75, 3.05) is 13.1 Å². The number of hydrogen-bond acceptors (Lipinski definition) is 4. The molecule has 2 aliphatic rings. The molecule has 2 atom stereocenters. The van der Waals surface area contributed by atoms with Gasteiger partial charge >= 0.3 is 6.03 Å². The van der Waals surface area contributed by atoms with E-state index in [1.54, 1.807) is 11.3 Å². The second-order valence-electron chi connectivity index (χ2n) is 6.44. The smallest absolute Gasteiger partial charge is 0.315 e. The van der Waals surface area contributed by atoms with Crippen LogP contribution in [-0.2, 0) is 11.2 Å². The molecule has 7 heteroatoms. The van der Waals surface area contributed by atoms with Gasteiger partial charge in [0.05, 0.1) is 6.04 Å². The fourth-order valence-corrected chi connectivity index (χ4v) is 3.78. The highest BCUT2D eigenvalue weighted by molar-refractivity contribution is 7.11. The van der Waals surface area contributed by atoms with Gasteiger partial charge in [0.25, 0.3) is 0 Å². The van der Waals surface area contributed by atoms with Crippen LogP contribution in [0.25, 0.3) is 0 Å². The summed E-state index contributed by atoms with van der Waals surface area (Å²) in [4.78, 5) is 31.5. The maximum atomic E-state index is 12.0. The van der Waals surface area contributed by atoms with E-state index in [1.165, 1.54) is 4.88 Å². The van der Waals surface area contributed by atoms with Gasteiger partial charge in [0.1, 0.15) is 5.01 Å². The van der Waals surface area contributed by atoms with Gasteiger partial charge in [-0.25, -0.2) is 9.78 Å². The molecule has 1 saturated heterocycles. The molecular weight excluding hydrogens is 312 g/mol. The van der Waals surface area contributed by atoms with E-state index in [2.05, 4.69) is 22.5 Å². The molecule has 6 nitrogen and oxygen atoms in total. The van der Waals surface area contributed by atoms with Gasteiger partial charge < -0.3 is 15.5 Å². The Labute approximate surface area is 140 Å². The van der Waals surface area contributed by atoms with E-state index >= 15 is 0 Å². The molecular formula is C16H24N4O2S. The second-order valence-corrected chi connectivity index (χ2v) is 7.59. The predicted molar refractivity (Wildman–Crippen MR) is 89.3 cm³/mol. The first kappa shape index (κ1) is 16.2. The molecule has 0 spiro atoms. The Morgan fingerprint density at radius 3 is 2.96 bits per heavy atom. The fourth-order valence-electron chi connectivity index (χ4n) is 2.92. The summed E-state index contributed by atoms with van der Waals surface area (Å²) < 4.78 is 0. The van der Waals surface area contributed by atoms with Crippen LogP contribution >= 0.6 is 11.3 Å². The standard InChI is InChI=1S/C16H24N4O2S/c1-3-13-8-17-15(23-13)10(2)19-16(22)18-7-11-6-14(21)20(9-11)12-4-5-12/h8,10-12H,3-7,9H2,1-2H3,(H2,18,19,22). The third kappa shape index (κ3) is 4.02. The first-order valence-corrected chi connectivity index (χ1v) is 9.17. The molecule has 23 heavy (non-hydrogen) atoms. The maximum absolute atomic E-state index is 12.0. The molecule has 3 rings (SSSR count). The number of likely N-dealkylation sites (tertiary alicyclic amines) is 1. The van der Waals surface area contributed by atoms with Crippen molar-refractivity contribution in [3.8, 4) is 0 Å². The zero-order chi connectivity index (χ0) is 16.4. The Morgan fingerprint density at radius 1 is 1.52 bits per heavy atom. The van der Waals surface area contributed by atoms with Gasteiger partial charge in [-0.1, -0.05) is 6.92 Å². The van der Waals surface area contributed by atoms with Crippen molar-refractivity contribution in [3.63, 3.8) is 0 Å².